The molecule has 0 aromatic carbocycles. The molecular weight excluding hydrogens is 130 g/mol. The van der Waals surface area contributed by atoms with Crippen molar-refractivity contribution >= 4 is 11.7 Å². The molecule has 2 bridgehead atoms. The van der Waals surface area contributed by atoms with Gasteiger partial charge in [-0.1, -0.05) is 0 Å². The summed E-state index contributed by atoms with van der Waals surface area (Å²) in [7, 11) is 0. The lowest BCUT2D eigenvalue weighted by Crippen LogP contribution is -2.24. The Morgan fingerprint density at radius 2 is 2.50 bits per heavy atom. The van der Waals surface area contributed by atoms with Crippen molar-refractivity contribution in [2.24, 2.45) is 10.9 Å². The van der Waals surface area contributed by atoms with Gasteiger partial charge in [-0.25, -0.2) is 4.79 Å². The van der Waals surface area contributed by atoms with Crippen LogP contribution in [0.25, 0.3) is 0 Å². The topological polar surface area (TPSA) is 49.7 Å². The molecule has 0 aromatic rings. The van der Waals surface area contributed by atoms with Crippen LogP contribution in [0.2, 0.25) is 0 Å². The largest absolute Gasteiger partial charge is 0.480 e. The minimum atomic E-state index is -0.750. The summed E-state index contributed by atoms with van der Waals surface area (Å²) >= 11 is 0. The van der Waals surface area contributed by atoms with Gasteiger partial charge >= 0.3 is 5.97 Å². The van der Waals surface area contributed by atoms with Crippen molar-refractivity contribution in [3.63, 3.8) is 0 Å². The lowest BCUT2D eigenvalue weighted by atomic mass is 10.0. The van der Waals surface area contributed by atoms with Crippen molar-refractivity contribution in [3.05, 3.63) is 0 Å². The molecule has 1 aliphatic carbocycles. The zero-order chi connectivity index (χ0) is 7.14. The number of hydrogen-bond acceptors (Lipinski definition) is 2. The first-order valence-electron chi connectivity index (χ1n) is 3.56. The Labute approximate surface area is 58.8 Å². The number of carboxylic acid groups (broad SMARTS) is 1. The highest BCUT2D eigenvalue weighted by atomic mass is 16.4. The Morgan fingerprint density at radius 1 is 1.70 bits per heavy atom. The third kappa shape index (κ3) is 0.664. The first kappa shape index (κ1) is 5.89. The number of hydrogen-bond donors (Lipinski definition) is 1. The van der Waals surface area contributed by atoms with Gasteiger partial charge < -0.3 is 5.11 Å². The van der Waals surface area contributed by atoms with E-state index in [4.69, 9.17) is 5.11 Å². The zero-order valence-electron chi connectivity index (χ0n) is 5.58. The van der Waals surface area contributed by atoms with Crippen LogP contribution in [0.3, 0.4) is 0 Å². The van der Waals surface area contributed by atoms with Crippen LogP contribution in [-0.2, 0) is 4.79 Å². The lowest BCUT2D eigenvalue weighted by Gasteiger charge is -2.11. The molecule has 0 aromatic heterocycles. The second-order valence-electron chi connectivity index (χ2n) is 2.98. The van der Waals surface area contributed by atoms with E-state index < -0.39 is 12.0 Å². The van der Waals surface area contributed by atoms with E-state index in [0.717, 1.165) is 25.0 Å². The van der Waals surface area contributed by atoms with Crippen LogP contribution < -0.4 is 0 Å². The number of carboxylic acids is 1. The average molecular weight is 139 g/mol. The smallest absolute Gasteiger partial charge is 0.328 e. The highest BCUT2D eigenvalue weighted by Crippen LogP contribution is 2.34. The van der Waals surface area contributed by atoms with E-state index in [9.17, 15) is 4.79 Å². The van der Waals surface area contributed by atoms with Gasteiger partial charge in [0.1, 0.15) is 6.04 Å². The molecule has 2 rings (SSSR count). The van der Waals surface area contributed by atoms with Crippen molar-refractivity contribution in [3.8, 4) is 0 Å². The lowest BCUT2D eigenvalue weighted by molar-refractivity contribution is -0.139. The maximum Gasteiger partial charge on any atom is 0.328 e. The molecule has 1 saturated carbocycles. The van der Waals surface area contributed by atoms with E-state index in [1.54, 1.807) is 0 Å². The average Bonchev–Trinajstić information content (AvgIpc) is 2.44. The summed E-state index contributed by atoms with van der Waals surface area (Å²) in [6.07, 6.45) is 3.02. The van der Waals surface area contributed by atoms with E-state index >= 15 is 0 Å². The molecule has 2 atom stereocenters. The van der Waals surface area contributed by atoms with E-state index in [1.165, 1.54) is 0 Å². The van der Waals surface area contributed by atoms with Gasteiger partial charge in [-0.15, -0.1) is 0 Å². The third-order valence-electron chi connectivity index (χ3n) is 2.32. The van der Waals surface area contributed by atoms with Gasteiger partial charge in [0.05, 0.1) is 0 Å². The van der Waals surface area contributed by atoms with E-state index in [1.807, 2.05) is 0 Å². The van der Waals surface area contributed by atoms with E-state index in [-0.39, 0.29) is 0 Å². The summed E-state index contributed by atoms with van der Waals surface area (Å²) in [4.78, 5) is 14.6. The van der Waals surface area contributed by atoms with Crippen molar-refractivity contribution in [2.45, 2.75) is 25.3 Å². The van der Waals surface area contributed by atoms with Crippen molar-refractivity contribution in [1.29, 1.82) is 0 Å². The SMILES string of the molecule is O=C(O)C1N=C2CCC1C2. The highest BCUT2D eigenvalue weighted by Gasteiger charge is 2.38. The Hall–Kier alpha value is -0.860. The molecule has 3 heteroatoms. The molecule has 0 saturated heterocycles. The third-order valence-corrected chi connectivity index (χ3v) is 2.32. The summed E-state index contributed by atoms with van der Waals surface area (Å²) in [6.45, 7) is 0. The van der Waals surface area contributed by atoms with Crippen LogP contribution in [0, 0.1) is 5.92 Å². The minimum absolute atomic E-state index is 0.326. The molecule has 3 nitrogen and oxygen atoms in total. The normalized spacial score (nSPS) is 36.2. The standard InChI is InChI=1S/C7H9NO2/c9-7(10)6-4-1-2-5(3-4)8-6/h4,6H,1-3H2,(H,9,10). The molecule has 2 unspecified atom stereocenters. The summed E-state index contributed by atoms with van der Waals surface area (Å²) in [5, 5.41) is 8.63. The Morgan fingerprint density at radius 3 is 2.80 bits per heavy atom. The molecule has 54 valence electrons. The van der Waals surface area contributed by atoms with Gasteiger partial charge in [0, 0.05) is 5.71 Å². The van der Waals surface area contributed by atoms with Gasteiger partial charge in [0.15, 0.2) is 0 Å². The molecule has 0 radical (unpaired) electrons. The predicted octanol–water partition coefficient (Wildman–Crippen LogP) is 0.694. The highest BCUT2D eigenvalue weighted by molar-refractivity contribution is 5.93. The van der Waals surface area contributed by atoms with Crippen molar-refractivity contribution < 1.29 is 9.90 Å². The van der Waals surface area contributed by atoms with Gasteiger partial charge in [-0.05, 0) is 25.2 Å². The van der Waals surface area contributed by atoms with Crippen LogP contribution in [0.15, 0.2) is 4.99 Å². The van der Waals surface area contributed by atoms with Crippen LogP contribution in [-0.4, -0.2) is 22.8 Å². The Bertz CT molecular complexity index is 210. The van der Waals surface area contributed by atoms with Gasteiger partial charge in [-0.2, -0.15) is 0 Å². The van der Waals surface area contributed by atoms with E-state index in [0.29, 0.717) is 5.92 Å². The fourth-order valence-electron chi connectivity index (χ4n) is 1.80. The maximum absolute atomic E-state index is 10.5. The summed E-state index contributed by atoms with van der Waals surface area (Å²) in [5.74, 6) is -0.424. The second-order valence-corrected chi connectivity index (χ2v) is 2.98. The molecule has 0 spiro atoms. The van der Waals surface area contributed by atoms with Gasteiger partial charge in [-0.3, -0.25) is 4.99 Å². The summed E-state index contributed by atoms with van der Waals surface area (Å²) in [6, 6.07) is -0.399. The first-order chi connectivity index (χ1) is 4.77. The van der Waals surface area contributed by atoms with Crippen LogP contribution in [0.4, 0.5) is 0 Å². The molecule has 1 fully saturated rings. The van der Waals surface area contributed by atoms with Crippen molar-refractivity contribution in [2.75, 3.05) is 0 Å². The maximum atomic E-state index is 10.5. The predicted molar refractivity (Wildman–Crippen MR) is 36.2 cm³/mol. The van der Waals surface area contributed by atoms with Gasteiger partial charge in [0.25, 0.3) is 0 Å². The monoisotopic (exact) mass is 139 g/mol. The fraction of sp³-hybridized carbons (Fsp3) is 0.714. The Kier molecular flexibility index (Phi) is 1.07. The number of nitrogens with zero attached hydrogens (tertiary/aromatic N) is 1. The molecule has 0 amide bonds. The molecule has 10 heavy (non-hydrogen) atoms. The molecule has 2 aliphatic rings. The second kappa shape index (κ2) is 1.81. The summed E-state index contributed by atoms with van der Waals surface area (Å²) < 4.78 is 0. The quantitative estimate of drug-likeness (QED) is 0.581. The fourth-order valence-corrected chi connectivity index (χ4v) is 1.80. The molecule has 1 N–H and O–H groups in total. The number of aliphatic carboxylic acids is 1. The minimum Gasteiger partial charge on any atom is -0.480 e. The number of fused-ring (bicyclic) bond motifs is 2. The first-order valence-corrected chi connectivity index (χ1v) is 3.56. The zero-order valence-corrected chi connectivity index (χ0v) is 5.58. The van der Waals surface area contributed by atoms with Crippen LogP contribution >= 0.6 is 0 Å². The molecular formula is C7H9NO2. The van der Waals surface area contributed by atoms with E-state index in [2.05, 4.69) is 4.99 Å². The number of rotatable bonds is 1. The van der Waals surface area contributed by atoms with Gasteiger partial charge in [0.2, 0.25) is 0 Å². The van der Waals surface area contributed by atoms with Crippen LogP contribution in [0.5, 0.6) is 0 Å². The molecule has 1 heterocycles. The van der Waals surface area contributed by atoms with Crippen LogP contribution in [0.1, 0.15) is 19.3 Å². The number of aliphatic imine (C=N–C) groups is 1. The summed E-state index contributed by atoms with van der Waals surface area (Å²) in [5.41, 5.74) is 1.12. The van der Waals surface area contributed by atoms with Crippen molar-refractivity contribution in [1.82, 2.24) is 0 Å². The Balaban J connectivity index is 2.22. The molecule has 1 aliphatic heterocycles. The number of carbonyl (C=O) groups is 1.